The van der Waals surface area contributed by atoms with E-state index >= 15 is 0 Å². The number of aliphatic hydroxyl groups is 1. The molecule has 0 spiro atoms. The second-order valence-corrected chi connectivity index (χ2v) is 5.86. The number of pyridine rings is 1. The summed E-state index contributed by atoms with van der Waals surface area (Å²) in [5.74, 6) is 0.0493. The van der Waals surface area contributed by atoms with Crippen molar-refractivity contribution in [3.05, 3.63) is 70.1 Å². The number of amides is 2. The molecule has 0 saturated carbocycles. The van der Waals surface area contributed by atoms with Gasteiger partial charge in [-0.2, -0.15) is 0 Å². The molecule has 3 rings (SSSR count). The molecule has 1 aromatic heterocycles. The number of nitrogens with one attached hydrogen (secondary N) is 3. The van der Waals surface area contributed by atoms with E-state index in [-0.39, 0.29) is 23.9 Å². The molecule has 0 aliphatic carbocycles. The summed E-state index contributed by atoms with van der Waals surface area (Å²) in [4.78, 5) is 26.4. The number of H-pyrrole nitrogens is 1. The number of carbonyl (C=O) groups excluding carboxylic acids is 1. The Morgan fingerprint density at radius 3 is 2.77 bits per heavy atom. The average molecular weight is 353 g/mol. The molecule has 0 aliphatic heterocycles. The van der Waals surface area contributed by atoms with Crippen molar-refractivity contribution in [1.29, 1.82) is 0 Å². The van der Waals surface area contributed by atoms with Gasteiger partial charge in [-0.25, -0.2) is 4.79 Å². The first-order chi connectivity index (χ1) is 12.6. The third kappa shape index (κ3) is 4.01. The molecule has 2 amide bonds. The lowest BCUT2D eigenvalue weighted by atomic mass is 10.1. The highest BCUT2D eigenvalue weighted by atomic mass is 16.3. The van der Waals surface area contributed by atoms with Crippen LogP contribution in [0.15, 0.2) is 53.5 Å². The number of aromatic amines is 1. The minimum absolute atomic E-state index is 0.0493. The highest BCUT2D eigenvalue weighted by Crippen LogP contribution is 2.18. The monoisotopic (exact) mass is 353 g/mol. The van der Waals surface area contributed by atoms with Crippen molar-refractivity contribution in [2.45, 2.75) is 13.0 Å². The first-order valence-electron chi connectivity index (χ1n) is 8.15. The fourth-order valence-corrected chi connectivity index (χ4v) is 2.68. The maximum Gasteiger partial charge on any atom is 0.319 e. The lowest BCUT2D eigenvalue weighted by Gasteiger charge is -2.09. The molecule has 0 aliphatic rings. The number of benzene rings is 2. The highest BCUT2D eigenvalue weighted by molar-refractivity contribution is 5.93. The molecule has 0 saturated heterocycles. The number of hydrogen-bond acceptors (Lipinski definition) is 4. The van der Waals surface area contributed by atoms with E-state index in [4.69, 9.17) is 5.11 Å². The molecule has 0 radical (unpaired) electrons. The third-order valence-corrected chi connectivity index (χ3v) is 4.05. The summed E-state index contributed by atoms with van der Waals surface area (Å²) >= 11 is 0. The van der Waals surface area contributed by atoms with Crippen molar-refractivity contribution >= 4 is 22.5 Å². The first kappa shape index (κ1) is 17.5. The van der Waals surface area contributed by atoms with Crippen LogP contribution in [0, 0.1) is 0 Å². The van der Waals surface area contributed by atoms with E-state index in [1.165, 1.54) is 6.07 Å². The van der Waals surface area contributed by atoms with Crippen LogP contribution in [0.1, 0.15) is 11.1 Å². The van der Waals surface area contributed by atoms with Gasteiger partial charge in [0.2, 0.25) is 0 Å². The summed E-state index contributed by atoms with van der Waals surface area (Å²) in [6.45, 7) is 0.143. The van der Waals surface area contributed by atoms with E-state index < -0.39 is 0 Å². The summed E-state index contributed by atoms with van der Waals surface area (Å²) in [5, 5.41) is 25.4. The molecular formula is C19H19N3O4. The zero-order valence-corrected chi connectivity index (χ0v) is 14.0. The Hall–Kier alpha value is -3.32. The Morgan fingerprint density at radius 1 is 1.12 bits per heavy atom. The summed E-state index contributed by atoms with van der Waals surface area (Å²) in [6.07, 6.45) is 2.13. The molecule has 3 aromatic rings. The summed E-state index contributed by atoms with van der Waals surface area (Å²) in [6, 6.07) is 11.5. The molecule has 7 nitrogen and oxygen atoms in total. The molecule has 134 valence electrons. The zero-order valence-electron chi connectivity index (χ0n) is 14.0. The predicted molar refractivity (Wildman–Crippen MR) is 99.3 cm³/mol. The van der Waals surface area contributed by atoms with Crippen molar-refractivity contribution < 1.29 is 15.0 Å². The Balaban J connectivity index is 1.57. The third-order valence-electron chi connectivity index (χ3n) is 4.05. The number of anilines is 1. The Morgan fingerprint density at radius 2 is 1.96 bits per heavy atom. The summed E-state index contributed by atoms with van der Waals surface area (Å²) in [7, 11) is 0. The molecule has 0 unspecified atom stereocenters. The molecule has 0 atom stereocenters. The van der Waals surface area contributed by atoms with Crippen LogP contribution >= 0.6 is 0 Å². The first-order valence-corrected chi connectivity index (χ1v) is 8.15. The van der Waals surface area contributed by atoms with Crippen LogP contribution < -0.4 is 16.2 Å². The second kappa shape index (κ2) is 7.71. The van der Waals surface area contributed by atoms with Gasteiger partial charge in [-0.15, -0.1) is 0 Å². The van der Waals surface area contributed by atoms with Gasteiger partial charge in [0.1, 0.15) is 5.75 Å². The van der Waals surface area contributed by atoms with E-state index in [1.807, 2.05) is 0 Å². The average Bonchev–Trinajstić information content (AvgIpc) is 2.64. The zero-order chi connectivity index (χ0) is 18.5. The van der Waals surface area contributed by atoms with Crippen molar-refractivity contribution in [3.63, 3.8) is 0 Å². The van der Waals surface area contributed by atoms with E-state index in [2.05, 4.69) is 15.6 Å². The van der Waals surface area contributed by atoms with Gasteiger partial charge in [-0.3, -0.25) is 4.79 Å². The second-order valence-electron chi connectivity index (χ2n) is 5.86. The van der Waals surface area contributed by atoms with Crippen molar-refractivity contribution in [2.24, 2.45) is 0 Å². The molecule has 2 aromatic carbocycles. The fraction of sp³-hybridized carbons (Fsp3) is 0.158. The van der Waals surface area contributed by atoms with Crippen LogP contribution in [0.2, 0.25) is 0 Å². The smallest absolute Gasteiger partial charge is 0.319 e. The molecule has 26 heavy (non-hydrogen) atoms. The summed E-state index contributed by atoms with van der Waals surface area (Å²) in [5.41, 5.74) is 1.66. The van der Waals surface area contributed by atoms with Crippen molar-refractivity contribution in [1.82, 2.24) is 10.3 Å². The quantitative estimate of drug-likeness (QED) is 0.483. The van der Waals surface area contributed by atoms with Crippen LogP contribution in [-0.4, -0.2) is 27.8 Å². The molecule has 0 fully saturated rings. The molecule has 7 heteroatoms. The van der Waals surface area contributed by atoms with Gasteiger partial charge < -0.3 is 25.8 Å². The van der Waals surface area contributed by atoms with Gasteiger partial charge in [-0.05, 0) is 47.7 Å². The molecular weight excluding hydrogens is 334 g/mol. The predicted octanol–water partition coefficient (Wildman–Crippen LogP) is 2.09. The van der Waals surface area contributed by atoms with E-state index in [1.54, 1.807) is 42.6 Å². The summed E-state index contributed by atoms with van der Waals surface area (Å²) < 4.78 is 0. The number of fused-ring (bicyclic) bond motifs is 1. The van der Waals surface area contributed by atoms with Crippen LogP contribution in [0.3, 0.4) is 0 Å². The molecule has 5 N–H and O–H groups in total. The number of phenols is 1. The van der Waals surface area contributed by atoms with Crippen molar-refractivity contribution in [3.8, 4) is 5.75 Å². The van der Waals surface area contributed by atoms with Crippen LogP contribution in [0.4, 0.5) is 10.5 Å². The topological polar surface area (TPSA) is 114 Å². The van der Waals surface area contributed by atoms with Crippen LogP contribution in [0.25, 0.3) is 10.8 Å². The maximum atomic E-state index is 12.0. The van der Waals surface area contributed by atoms with Gasteiger partial charge in [0, 0.05) is 29.4 Å². The van der Waals surface area contributed by atoms with E-state index in [0.29, 0.717) is 29.6 Å². The van der Waals surface area contributed by atoms with Crippen molar-refractivity contribution in [2.75, 3.05) is 11.9 Å². The Labute approximate surface area is 149 Å². The van der Waals surface area contributed by atoms with Gasteiger partial charge in [-0.1, -0.05) is 12.1 Å². The number of urea groups is 1. The molecule has 0 bridgehead atoms. The number of aliphatic hydroxyl groups excluding tert-OH is 1. The van der Waals surface area contributed by atoms with Crippen LogP contribution in [-0.2, 0) is 13.0 Å². The Bertz CT molecular complexity index is 997. The fourth-order valence-electron chi connectivity index (χ4n) is 2.68. The number of carbonyl (C=O) groups is 1. The van der Waals surface area contributed by atoms with Gasteiger partial charge in [0.15, 0.2) is 0 Å². The van der Waals surface area contributed by atoms with Crippen LogP contribution in [0.5, 0.6) is 5.75 Å². The molecule has 1 heterocycles. The van der Waals surface area contributed by atoms with Gasteiger partial charge in [0.05, 0.1) is 6.61 Å². The van der Waals surface area contributed by atoms with E-state index in [0.717, 1.165) is 10.9 Å². The lowest BCUT2D eigenvalue weighted by Crippen LogP contribution is -2.30. The van der Waals surface area contributed by atoms with E-state index in [9.17, 15) is 14.7 Å². The van der Waals surface area contributed by atoms with Gasteiger partial charge in [0.25, 0.3) is 5.56 Å². The largest absolute Gasteiger partial charge is 0.508 e. The SMILES string of the molecule is O=C(NCCc1ccc(O)c(CO)c1)Nc1ccc2cc[nH]c(=O)c2c1. The lowest BCUT2D eigenvalue weighted by molar-refractivity contribution is 0.252. The Kier molecular flexibility index (Phi) is 5.19. The number of aromatic nitrogens is 1. The standard InChI is InChI=1S/C19H19N3O4/c23-11-14-9-12(1-4-17(14)24)5-7-21-19(26)22-15-3-2-13-6-8-20-18(25)16(13)10-15/h1-4,6,8-10,23-24H,5,7,11H2,(H,20,25)(H2,21,22,26). The minimum Gasteiger partial charge on any atom is -0.508 e. The number of aromatic hydroxyl groups is 1. The minimum atomic E-state index is -0.377. The number of rotatable bonds is 5. The normalized spacial score (nSPS) is 10.7. The number of hydrogen-bond donors (Lipinski definition) is 5. The van der Waals surface area contributed by atoms with Gasteiger partial charge >= 0.3 is 6.03 Å². The maximum absolute atomic E-state index is 12.0. The highest BCUT2D eigenvalue weighted by Gasteiger charge is 2.05.